The summed E-state index contributed by atoms with van der Waals surface area (Å²) in [6.07, 6.45) is 0. The van der Waals surface area contributed by atoms with Crippen molar-refractivity contribution in [3.8, 4) is 5.75 Å². The Labute approximate surface area is 126 Å². The highest BCUT2D eigenvalue weighted by Crippen LogP contribution is 2.23. The summed E-state index contributed by atoms with van der Waals surface area (Å²) in [5.74, 6) is 0.916. The molecule has 0 saturated carbocycles. The van der Waals surface area contributed by atoms with E-state index >= 15 is 0 Å². The Bertz CT molecular complexity index is 642. The van der Waals surface area contributed by atoms with Crippen LogP contribution in [-0.4, -0.2) is 11.0 Å². The van der Waals surface area contributed by atoms with Crippen LogP contribution in [0.3, 0.4) is 0 Å². The number of rotatable bonds is 4. The van der Waals surface area contributed by atoms with Gasteiger partial charge in [0.25, 0.3) is 0 Å². The largest absolute Gasteiger partial charge is 0.489 e. The second kappa shape index (κ2) is 6.43. The van der Waals surface area contributed by atoms with E-state index in [1.54, 1.807) is 6.07 Å². The number of hydrogen-bond donors (Lipinski definition) is 2. The van der Waals surface area contributed by atoms with Crippen molar-refractivity contribution in [1.82, 2.24) is 0 Å². The van der Waals surface area contributed by atoms with Crippen molar-refractivity contribution in [2.45, 2.75) is 13.5 Å². The zero-order chi connectivity index (χ0) is 14.5. The summed E-state index contributed by atoms with van der Waals surface area (Å²) in [7, 11) is 0. The lowest BCUT2D eigenvalue weighted by molar-refractivity contribution is 0.304. The minimum atomic E-state index is 0.0884. The van der Waals surface area contributed by atoms with Crippen LogP contribution in [0.5, 0.6) is 5.75 Å². The van der Waals surface area contributed by atoms with Crippen LogP contribution in [0.15, 0.2) is 52.1 Å². The molecular weight excluding hydrogens is 320 g/mol. The van der Waals surface area contributed by atoms with Crippen LogP contribution in [0.25, 0.3) is 0 Å². The number of aryl methyl sites for hydroxylation is 1. The normalized spacial score (nSPS) is 11.4. The van der Waals surface area contributed by atoms with Crippen LogP contribution in [0, 0.1) is 6.92 Å². The molecule has 2 aromatic rings. The Morgan fingerprint density at radius 1 is 1.30 bits per heavy atom. The molecule has 2 rings (SSSR count). The number of ether oxygens (including phenoxy) is 1. The Balaban J connectivity index is 2.13. The van der Waals surface area contributed by atoms with Crippen molar-refractivity contribution in [3.63, 3.8) is 0 Å². The van der Waals surface area contributed by atoms with Crippen molar-refractivity contribution < 1.29 is 9.94 Å². The SMILES string of the molecule is Cc1ccc(Br)cc1OCc1cccc(/C(N)=N/O)c1. The standard InChI is InChI=1S/C15H15BrN2O2/c1-10-5-6-13(16)8-14(10)20-9-11-3-2-4-12(7-11)15(17)18-19/h2-8,19H,9H2,1H3,(H2,17,18). The van der Waals surface area contributed by atoms with Crippen molar-refractivity contribution in [2.24, 2.45) is 10.9 Å². The predicted molar refractivity (Wildman–Crippen MR) is 82.2 cm³/mol. The van der Waals surface area contributed by atoms with E-state index in [1.807, 2.05) is 43.3 Å². The molecule has 0 aromatic heterocycles. The van der Waals surface area contributed by atoms with E-state index in [2.05, 4.69) is 21.1 Å². The van der Waals surface area contributed by atoms with Gasteiger partial charge in [-0.15, -0.1) is 0 Å². The van der Waals surface area contributed by atoms with E-state index in [1.165, 1.54) is 0 Å². The highest BCUT2D eigenvalue weighted by molar-refractivity contribution is 9.10. The van der Waals surface area contributed by atoms with Gasteiger partial charge in [-0.2, -0.15) is 0 Å². The van der Waals surface area contributed by atoms with Crippen LogP contribution >= 0.6 is 15.9 Å². The van der Waals surface area contributed by atoms with Gasteiger partial charge in [-0.1, -0.05) is 45.4 Å². The molecule has 0 fully saturated rings. The van der Waals surface area contributed by atoms with Gasteiger partial charge in [0, 0.05) is 10.0 Å². The average Bonchev–Trinajstić information content (AvgIpc) is 2.47. The van der Waals surface area contributed by atoms with Gasteiger partial charge < -0.3 is 15.7 Å². The highest BCUT2D eigenvalue weighted by Gasteiger charge is 2.04. The molecule has 0 aliphatic carbocycles. The zero-order valence-corrected chi connectivity index (χ0v) is 12.6. The quantitative estimate of drug-likeness (QED) is 0.389. The lowest BCUT2D eigenvalue weighted by atomic mass is 10.1. The first-order valence-corrected chi connectivity index (χ1v) is 6.85. The van der Waals surface area contributed by atoms with Gasteiger partial charge in [0.1, 0.15) is 12.4 Å². The monoisotopic (exact) mass is 334 g/mol. The minimum Gasteiger partial charge on any atom is -0.489 e. The number of oxime groups is 1. The lowest BCUT2D eigenvalue weighted by Gasteiger charge is -2.10. The Morgan fingerprint density at radius 2 is 2.10 bits per heavy atom. The maximum absolute atomic E-state index is 8.68. The smallest absolute Gasteiger partial charge is 0.170 e. The molecule has 0 atom stereocenters. The molecule has 104 valence electrons. The van der Waals surface area contributed by atoms with E-state index in [4.69, 9.17) is 15.7 Å². The summed E-state index contributed by atoms with van der Waals surface area (Å²) in [4.78, 5) is 0. The van der Waals surface area contributed by atoms with Gasteiger partial charge in [-0.25, -0.2) is 0 Å². The van der Waals surface area contributed by atoms with Crippen molar-refractivity contribution in [3.05, 3.63) is 63.6 Å². The molecule has 3 N–H and O–H groups in total. The lowest BCUT2D eigenvalue weighted by Crippen LogP contribution is -2.13. The van der Waals surface area contributed by atoms with Crippen molar-refractivity contribution >= 4 is 21.8 Å². The van der Waals surface area contributed by atoms with Gasteiger partial charge >= 0.3 is 0 Å². The molecule has 0 aliphatic heterocycles. The van der Waals surface area contributed by atoms with Crippen LogP contribution < -0.4 is 10.5 Å². The van der Waals surface area contributed by atoms with Gasteiger partial charge in [-0.3, -0.25) is 0 Å². The molecule has 0 heterocycles. The molecule has 0 saturated heterocycles. The Morgan fingerprint density at radius 3 is 2.85 bits per heavy atom. The molecule has 0 amide bonds. The molecule has 20 heavy (non-hydrogen) atoms. The average molecular weight is 335 g/mol. The fourth-order valence-electron chi connectivity index (χ4n) is 1.77. The van der Waals surface area contributed by atoms with Gasteiger partial charge in [-0.05, 0) is 36.2 Å². The van der Waals surface area contributed by atoms with E-state index in [9.17, 15) is 0 Å². The third-order valence-electron chi connectivity index (χ3n) is 2.88. The van der Waals surface area contributed by atoms with Gasteiger partial charge in [0.15, 0.2) is 5.84 Å². The van der Waals surface area contributed by atoms with Gasteiger partial charge in [0.05, 0.1) is 0 Å². The summed E-state index contributed by atoms with van der Waals surface area (Å²) in [6, 6.07) is 13.3. The summed E-state index contributed by atoms with van der Waals surface area (Å²) < 4.78 is 6.77. The highest BCUT2D eigenvalue weighted by atomic mass is 79.9. The zero-order valence-electron chi connectivity index (χ0n) is 11.0. The van der Waals surface area contributed by atoms with E-state index in [-0.39, 0.29) is 5.84 Å². The molecule has 0 radical (unpaired) electrons. The van der Waals surface area contributed by atoms with Crippen molar-refractivity contribution in [2.75, 3.05) is 0 Å². The summed E-state index contributed by atoms with van der Waals surface area (Å²) in [6.45, 7) is 2.42. The number of amidine groups is 1. The number of nitrogens with zero attached hydrogens (tertiary/aromatic N) is 1. The van der Waals surface area contributed by atoms with Crippen LogP contribution in [0.4, 0.5) is 0 Å². The molecule has 2 aromatic carbocycles. The molecule has 4 nitrogen and oxygen atoms in total. The first kappa shape index (κ1) is 14.4. The maximum Gasteiger partial charge on any atom is 0.170 e. The second-order valence-corrected chi connectivity index (χ2v) is 5.30. The fraction of sp³-hybridized carbons (Fsp3) is 0.133. The van der Waals surface area contributed by atoms with E-state index in [0.29, 0.717) is 12.2 Å². The van der Waals surface area contributed by atoms with Crippen LogP contribution in [0.2, 0.25) is 0 Å². The van der Waals surface area contributed by atoms with Crippen LogP contribution in [-0.2, 0) is 6.61 Å². The third-order valence-corrected chi connectivity index (χ3v) is 3.37. The minimum absolute atomic E-state index is 0.0884. The van der Waals surface area contributed by atoms with E-state index < -0.39 is 0 Å². The molecule has 0 aliphatic rings. The summed E-state index contributed by atoms with van der Waals surface area (Å²) >= 11 is 3.42. The molecular formula is C15H15BrN2O2. The summed E-state index contributed by atoms with van der Waals surface area (Å²) in [5.41, 5.74) is 8.26. The maximum atomic E-state index is 8.68. The molecule has 0 bridgehead atoms. The second-order valence-electron chi connectivity index (χ2n) is 4.38. The van der Waals surface area contributed by atoms with Crippen molar-refractivity contribution in [1.29, 1.82) is 0 Å². The fourth-order valence-corrected chi connectivity index (χ4v) is 2.11. The summed E-state index contributed by atoms with van der Waals surface area (Å²) in [5, 5.41) is 11.7. The Kier molecular flexibility index (Phi) is 4.63. The predicted octanol–water partition coefficient (Wildman–Crippen LogP) is 3.43. The third kappa shape index (κ3) is 3.51. The number of nitrogens with two attached hydrogens (primary N) is 1. The number of halogens is 1. The topological polar surface area (TPSA) is 67.8 Å². The number of hydrogen-bond acceptors (Lipinski definition) is 3. The molecule has 5 heteroatoms. The molecule has 0 spiro atoms. The first-order chi connectivity index (χ1) is 9.60. The van der Waals surface area contributed by atoms with Crippen LogP contribution in [0.1, 0.15) is 16.7 Å². The first-order valence-electron chi connectivity index (χ1n) is 6.06. The molecule has 0 unspecified atom stereocenters. The van der Waals surface area contributed by atoms with E-state index in [0.717, 1.165) is 21.3 Å². The number of benzene rings is 2. The van der Waals surface area contributed by atoms with Gasteiger partial charge in [0.2, 0.25) is 0 Å². The Hall–Kier alpha value is -2.01.